The number of aliphatic hydroxyl groups excluding tert-OH is 1. The predicted molar refractivity (Wildman–Crippen MR) is 182 cm³/mol. The number of carbonyl (C=O) groups is 1. The quantitative estimate of drug-likeness (QED) is 0.191. The van der Waals surface area contributed by atoms with Gasteiger partial charge in [-0.15, -0.1) is 0 Å². The molecule has 48 heavy (non-hydrogen) atoms. The topological polar surface area (TPSA) is 92.7 Å². The van der Waals surface area contributed by atoms with Crippen LogP contribution in [0.4, 0.5) is 0 Å². The van der Waals surface area contributed by atoms with Crippen LogP contribution in [0.25, 0.3) is 0 Å². The minimum atomic E-state index is -0.843. The Morgan fingerprint density at radius 1 is 0.729 bits per heavy atom. The summed E-state index contributed by atoms with van der Waals surface area (Å²) in [5.74, 6) is 2.42. The largest absolute Gasteiger partial charge is 0.493 e. The zero-order chi connectivity index (χ0) is 33.8. The van der Waals surface area contributed by atoms with Crippen LogP contribution in [0.3, 0.4) is 0 Å². The van der Waals surface area contributed by atoms with Crippen LogP contribution in [0.5, 0.6) is 28.7 Å². The van der Waals surface area contributed by atoms with Gasteiger partial charge in [-0.2, -0.15) is 0 Å². The van der Waals surface area contributed by atoms with E-state index in [9.17, 15) is 9.90 Å². The molecule has 2 aliphatic heterocycles. The second kappa shape index (κ2) is 14.6. The molecule has 4 aromatic carbocycles. The summed E-state index contributed by atoms with van der Waals surface area (Å²) in [4.78, 5) is 12.7. The highest BCUT2D eigenvalue weighted by atomic mass is 16.7. The first-order valence-corrected chi connectivity index (χ1v) is 16.5. The Kier molecular flexibility index (Phi) is 10.1. The Hall–Kier alpha value is -4.69. The molecule has 1 saturated heterocycles. The predicted octanol–water partition coefficient (Wildman–Crippen LogP) is 7.15. The number of hydrogen-bond acceptors (Lipinski definition) is 8. The van der Waals surface area contributed by atoms with Gasteiger partial charge in [-0.1, -0.05) is 74.5 Å². The van der Waals surface area contributed by atoms with Gasteiger partial charge < -0.3 is 33.5 Å². The maximum atomic E-state index is 12.7. The molecule has 0 bridgehead atoms. The van der Waals surface area contributed by atoms with Crippen LogP contribution in [0, 0.1) is 23.7 Å². The third-order valence-electron chi connectivity index (χ3n) is 9.97. The van der Waals surface area contributed by atoms with Crippen LogP contribution in [0.15, 0.2) is 84.9 Å². The molecular formula is C40H44O8. The van der Waals surface area contributed by atoms with E-state index in [4.69, 9.17) is 28.4 Å². The molecule has 0 radical (unpaired) electrons. The fourth-order valence-corrected chi connectivity index (χ4v) is 7.19. The van der Waals surface area contributed by atoms with Gasteiger partial charge in [-0.3, -0.25) is 4.79 Å². The lowest BCUT2D eigenvalue weighted by Gasteiger charge is -2.37. The summed E-state index contributed by atoms with van der Waals surface area (Å²) in [7, 11) is 4.63. The van der Waals surface area contributed by atoms with Crippen LogP contribution in [0.2, 0.25) is 0 Å². The summed E-state index contributed by atoms with van der Waals surface area (Å²) >= 11 is 0. The van der Waals surface area contributed by atoms with Gasteiger partial charge in [0.1, 0.15) is 0 Å². The van der Waals surface area contributed by atoms with Crippen molar-refractivity contribution in [2.75, 3.05) is 34.7 Å². The molecular weight excluding hydrogens is 608 g/mol. The van der Waals surface area contributed by atoms with Crippen LogP contribution in [0.1, 0.15) is 53.7 Å². The number of cyclic esters (lactones) is 1. The molecule has 3 aliphatic rings. The Balaban J connectivity index is 0.000000191. The second-order valence-electron chi connectivity index (χ2n) is 12.9. The maximum Gasteiger partial charge on any atom is 0.310 e. The highest BCUT2D eigenvalue weighted by Gasteiger charge is 2.52. The second-order valence-corrected chi connectivity index (χ2v) is 12.9. The van der Waals surface area contributed by atoms with Gasteiger partial charge in [0.25, 0.3) is 0 Å². The first-order valence-electron chi connectivity index (χ1n) is 16.5. The number of fused-ring (bicyclic) bond motifs is 3. The van der Waals surface area contributed by atoms with Crippen molar-refractivity contribution in [3.63, 3.8) is 0 Å². The Labute approximate surface area is 282 Å². The summed E-state index contributed by atoms with van der Waals surface area (Å²) in [5.41, 5.74) is 5.19. The molecule has 0 spiro atoms. The number of hydrogen-bond donors (Lipinski definition) is 1. The van der Waals surface area contributed by atoms with E-state index in [1.165, 1.54) is 31.1 Å². The average molecular weight is 653 g/mol. The van der Waals surface area contributed by atoms with Gasteiger partial charge in [-0.05, 0) is 76.8 Å². The number of esters is 1. The van der Waals surface area contributed by atoms with Crippen molar-refractivity contribution >= 4 is 5.97 Å². The zero-order valence-electron chi connectivity index (χ0n) is 28.2. The molecule has 4 aromatic rings. The van der Waals surface area contributed by atoms with Gasteiger partial charge in [0.15, 0.2) is 23.0 Å². The molecule has 7 rings (SSSR count). The van der Waals surface area contributed by atoms with Crippen molar-refractivity contribution < 1.29 is 38.3 Å². The van der Waals surface area contributed by atoms with Crippen molar-refractivity contribution in [2.45, 2.75) is 38.7 Å². The molecule has 1 N–H and O–H groups in total. The van der Waals surface area contributed by atoms with Crippen LogP contribution >= 0.6 is 0 Å². The lowest BCUT2D eigenvalue weighted by Crippen LogP contribution is -2.34. The van der Waals surface area contributed by atoms with Gasteiger partial charge in [0.05, 0.1) is 40.0 Å². The van der Waals surface area contributed by atoms with E-state index >= 15 is 0 Å². The maximum absolute atomic E-state index is 12.7. The first-order chi connectivity index (χ1) is 23.3. The van der Waals surface area contributed by atoms with E-state index in [-0.39, 0.29) is 31.2 Å². The average Bonchev–Trinajstić information content (AvgIpc) is 3.74. The Morgan fingerprint density at radius 3 is 1.75 bits per heavy atom. The van der Waals surface area contributed by atoms with Crippen molar-refractivity contribution in [2.24, 2.45) is 23.7 Å². The SMILES string of the molecule is CC(Cc1ccccc1)C(C)Cc1ccccc1.COc1cc([C@@H]2c3cc4c(cc3[C@H](O)[C@H]3COC(=O)[C@H]23)OCO4)cc(OC)c1OC. The molecule has 0 aromatic heterocycles. The zero-order valence-corrected chi connectivity index (χ0v) is 28.2. The highest BCUT2D eigenvalue weighted by molar-refractivity contribution is 5.79. The van der Waals surface area contributed by atoms with Gasteiger partial charge in [-0.25, -0.2) is 0 Å². The number of aliphatic hydroxyl groups is 1. The molecule has 8 heteroatoms. The molecule has 0 amide bonds. The van der Waals surface area contributed by atoms with Crippen LogP contribution in [-0.2, 0) is 22.4 Å². The summed E-state index contributed by atoms with van der Waals surface area (Å²) < 4.78 is 32.9. The molecule has 8 nitrogen and oxygen atoms in total. The van der Waals surface area contributed by atoms with E-state index in [0.29, 0.717) is 46.1 Å². The number of carbonyl (C=O) groups excluding carboxylic acids is 1. The van der Waals surface area contributed by atoms with Crippen LogP contribution < -0.4 is 23.7 Å². The Morgan fingerprint density at radius 2 is 1.25 bits per heavy atom. The van der Waals surface area contributed by atoms with E-state index in [2.05, 4.69) is 74.5 Å². The smallest absolute Gasteiger partial charge is 0.310 e. The molecule has 0 saturated carbocycles. The summed E-state index contributed by atoms with van der Waals surface area (Å²) in [6.45, 7) is 5.01. The standard InChI is InChI=1S/C22H22O8.C18H22/c1-25-16-4-10(5-17(26-2)21(16)27-3)18-11-6-14-15(30-9-29-14)7-12(11)20(23)13-8-28-22(24)19(13)18;1-15(13-17-9-5-3-6-10-17)16(2)14-18-11-7-4-8-12-18/h4-7,13,18-20,23H,8-9H2,1-3H3;3-12,15-16H,13-14H2,1-2H3/t13-,18+,19-,20-;/m0./s1. The minimum absolute atomic E-state index is 0.123. The fourth-order valence-electron chi connectivity index (χ4n) is 7.19. The number of benzene rings is 4. The Bertz CT molecular complexity index is 1640. The highest BCUT2D eigenvalue weighted by Crippen LogP contribution is 2.55. The number of rotatable bonds is 9. The van der Waals surface area contributed by atoms with Crippen LogP contribution in [-0.4, -0.2) is 45.8 Å². The van der Waals surface area contributed by atoms with Gasteiger partial charge in [0.2, 0.25) is 12.5 Å². The van der Waals surface area contributed by atoms with E-state index in [1.807, 2.05) is 18.2 Å². The molecule has 2 heterocycles. The third-order valence-corrected chi connectivity index (χ3v) is 9.97. The van der Waals surface area contributed by atoms with E-state index < -0.39 is 12.0 Å². The summed E-state index contributed by atoms with van der Waals surface area (Å²) in [6, 6.07) is 28.9. The third kappa shape index (κ3) is 6.67. The normalized spacial score (nSPS) is 21.5. The lowest BCUT2D eigenvalue weighted by atomic mass is 9.66. The number of ether oxygens (including phenoxy) is 6. The first kappa shape index (κ1) is 33.2. The van der Waals surface area contributed by atoms with Crippen molar-refractivity contribution in [3.8, 4) is 28.7 Å². The van der Waals surface area contributed by atoms with Gasteiger partial charge in [0, 0.05) is 11.8 Å². The fraction of sp³-hybridized carbons (Fsp3) is 0.375. The monoisotopic (exact) mass is 652 g/mol. The van der Waals surface area contributed by atoms with Crippen molar-refractivity contribution in [1.29, 1.82) is 0 Å². The van der Waals surface area contributed by atoms with Crippen molar-refractivity contribution in [1.82, 2.24) is 0 Å². The minimum Gasteiger partial charge on any atom is -0.493 e. The molecule has 1 aliphatic carbocycles. The van der Waals surface area contributed by atoms with E-state index in [1.54, 1.807) is 20.3 Å². The molecule has 1 fully saturated rings. The summed E-state index contributed by atoms with van der Waals surface area (Å²) in [6.07, 6.45) is 1.51. The molecule has 252 valence electrons. The lowest BCUT2D eigenvalue weighted by molar-refractivity contribution is -0.141. The van der Waals surface area contributed by atoms with Gasteiger partial charge >= 0.3 is 5.97 Å². The molecule has 6 atom stereocenters. The number of methoxy groups -OCH3 is 3. The summed E-state index contributed by atoms with van der Waals surface area (Å²) in [5, 5.41) is 11.0. The van der Waals surface area contributed by atoms with E-state index in [0.717, 1.165) is 11.1 Å². The van der Waals surface area contributed by atoms with Crippen molar-refractivity contribution in [3.05, 3.63) is 113 Å². The molecule has 2 unspecified atom stereocenters.